The van der Waals surface area contributed by atoms with Crippen molar-refractivity contribution >= 4 is 18.0 Å². The van der Waals surface area contributed by atoms with Crippen LogP contribution >= 0.6 is 0 Å². The van der Waals surface area contributed by atoms with Gasteiger partial charge in [0.25, 0.3) is 0 Å². The molecule has 31 heavy (non-hydrogen) atoms. The molecule has 0 saturated heterocycles. The lowest BCUT2D eigenvalue weighted by Gasteiger charge is -2.43. The van der Waals surface area contributed by atoms with Gasteiger partial charge in [-0.15, -0.1) is 0 Å². The molecule has 8 nitrogen and oxygen atoms in total. The zero-order valence-electron chi connectivity index (χ0n) is 20.5. The first-order valence-corrected chi connectivity index (χ1v) is 10.6. The first-order chi connectivity index (χ1) is 14.1. The van der Waals surface area contributed by atoms with Gasteiger partial charge in [-0.05, 0) is 31.1 Å². The minimum atomic E-state index is -0.663. The van der Waals surface area contributed by atoms with Crippen molar-refractivity contribution in [2.75, 3.05) is 39.6 Å². The van der Waals surface area contributed by atoms with Gasteiger partial charge in [0.05, 0.1) is 18.6 Å². The number of esters is 2. The average Bonchev–Trinajstić information content (AvgIpc) is 2.61. The molecule has 1 N–H and O–H groups in total. The van der Waals surface area contributed by atoms with Crippen LogP contribution in [0.1, 0.15) is 61.8 Å². The van der Waals surface area contributed by atoms with Crippen molar-refractivity contribution in [3.8, 4) is 0 Å². The van der Waals surface area contributed by atoms with Gasteiger partial charge in [0.1, 0.15) is 19.8 Å². The van der Waals surface area contributed by atoms with E-state index in [0.717, 1.165) is 0 Å². The lowest BCUT2D eigenvalue weighted by Crippen LogP contribution is -2.44. The molecule has 1 unspecified atom stereocenters. The molecular formula is C23H41NO7. The number of ether oxygens (including phenoxy) is 4. The Hall–Kier alpha value is -2.09. The van der Waals surface area contributed by atoms with Crippen molar-refractivity contribution < 1.29 is 33.3 Å². The van der Waals surface area contributed by atoms with Crippen molar-refractivity contribution in [3.05, 3.63) is 12.2 Å². The second-order valence-corrected chi connectivity index (χ2v) is 10.0. The largest absolute Gasteiger partial charge is 0.462 e. The zero-order chi connectivity index (χ0) is 24.3. The molecule has 0 radical (unpaired) electrons. The van der Waals surface area contributed by atoms with Crippen LogP contribution in [-0.4, -0.2) is 57.6 Å². The van der Waals surface area contributed by atoms with E-state index in [1.54, 1.807) is 6.92 Å². The zero-order valence-corrected chi connectivity index (χ0v) is 20.5. The van der Waals surface area contributed by atoms with E-state index in [9.17, 15) is 14.4 Å². The van der Waals surface area contributed by atoms with Crippen molar-refractivity contribution in [1.82, 2.24) is 5.32 Å². The highest BCUT2D eigenvalue weighted by Crippen LogP contribution is 2.47. The summed E-state index contributed by atoms with van der Waals surface area (Å²) < 4.78 is 20.5. The maximum Gasteiger partial charge on any atom is 0.407 e. The predicted molar refractivity (Wildman–Crippen MR) is 119 cm³/mol. The van der Waals surface area contributed by atoms with Crippen LogP contribution in [0.4, 0.5) is 4.79 Å². The number of carbonyl (C=O) groups excluding carboxylic acids is 3. The van der Waals surface area contributed by atoms with E-state index >= 15 is 0 Å². The number of alkyl carbamates (subject to hydrolysis) is 1. The lowest BCUT2D eigenvalue weighted by atomic mass is 9.61. The molecule has 0 aliphatic rings. The lowest BCUT2D eigenvalue weighted by molar-refractivity contribution is -0.165. The highest BCUT2D eigenvalue weighted by Gasteiger charge is 2.47. The van der Waals surface area contributed by atoms with Gasteiger partial charge in [0.15, 0.2) is 0 Å². The Morgan fingerprint density at radius 3 is 1.87 bits per heavy atom. The first-order valence-electron chi connectivity index (χ1n) is 10.6. The summed E-state index contributed by atoms with van der Waals surface area (Å²) in [4.78, 5) is 35.6. The fourth-order valence-corrected chi connectivity index (χ4v) is 2.83. The maximum atomic E-state index is 12.8. The summed E-state index contributed by atoms with van der Waals surface area (Å²) in [7, 11) is 0. The van der Waals surface area contributed by atoms with E-state index in [4.69, 9.17) is 18.9 Å². The molecule has 0 saturated carbocycles. The SMILES string of the molecule is C=C(C)C(=O)OCCOCCNC(=O)OCCOC(=O)C(C)(CC(C)(C)C)C(C)(C)C. The van der Waals surface area contributed by atoms with Crippen LogP contribution in [0.5, 0.6) is 0 Å². The Morgan fingerprint density at radius 2 is 1.35 bits per heavy atom. The predicted octanol–water partition coefficient (Wildman–Crippen LogP) is 3.88. The fraction of sp³-hybridized carbons (Fsp3) is 0.783. The standard InChI is InChI=1S/C23H41NO7/c1-17(2)18(25)29-13-12-28-11-10-24-20(27)31-15-14-30-19(26)23(9,22(6,7)8)16-21(3,4)5/h1,10-16H2,2-9H3,(H,24,27). The van der Waals surface area contributed by atoms with Crippen molar-refractivity contribution in [2.45, 2.75) is 61.8 Å². The highest BCUT2D eigenvalue weighted by molar-refractivity contribution is 5.86. The second-order valence-electron chi connectivity index (χ2n) is 10.0. The quantitative estimate of drug-likeness (QED) is 0.211. The molecule has 1 atom stereocenters. The van der Waals surface area contributed by atoms with Crippen LogP contribution in [0.3, 0.4) is 0 Å². The van der Waals surface area contributed by atoms with E-state index in [1.165, 1.54) is 0 Å². The number of nitrogens with one attached hydrogen (secondary N) is 1. The van der Waals surface area contributed by atoms with Gasteiger partial charge >= 0.3 is 18.0 Å². The van der Waals surface area contributed by atoms with Crippen molar-refractivity contribution in [2.24, 2.45) is 16.2 Å². The van der Waals surface area contributed by atoms with Crippen LogP contribution in [0.15, 0.2) is 12.2 Å². The molecule has 0 bridgehead atoms. The van der Waals surface area contributed by atoms with Gasteiger partial charge in [0.2, 0.25) is 0 Å². The maximum absolute atomic E-state index is 12.8. The molecule has 0 aliphatic heterocycles. The third kappa shape index (κ3) is 11.8. The molecule has 0 aromatic carbocycles. The number of carbonyl (C=O) groups is 3. The Balaban J connectivity index is 4.10. The Kier molecular flexibility index (Phi) is 11.8. The summed E-state index contributed by atoms with van der Waals surface area (Å²) in [6.45, 7) is 20.1. The van der Waals surface area contributed by atoms with Crippen molar-refractivity contribution in [1.29, 1.82) is 0 Å². The minimum Gasteiger partial charge on any atom is -0.462 e. The summed E-state index contributed by atoms with van der Waals surface area (Å²) in [6.07, 6.45) is 0.0532. The molecular weight excluding hydrogens is 402 g/mol. The minimum absolute atomic E-state index is 0.00729. The molecule has 0 aliphatic carbocycles. The average molecular weight is 444 g/mol. The molecule has 8 heteroatoms. The van der Waals surface area contributed by atoms with Crippen LogP contribution in [0, 0.1) is 16.2 Å². The van der Waals surface area contributed by atoms with Gasteiger partial charge in [-0.1, -0.05) is 48.1 Å². The molecule has 0 aromatic heterocycles. The molecule has 0 heterocycles. The summed E-state index contributed by atoms with van der Waals surface area (Å²) in [5, 5.41) is 2.53. The Labute approximate surface area is 187 Å². The van der Waals surface area contributed by atoms with E-state index in [2.05, 4.69) is 32.7 Å². The first kappa shape index (κ1) is 28.9. The monoisotopic (exact) mass is 443 g/mol. The van der Waals surface area contributed by atoms with Gasteiger partial charge in [-0.25, -0.2) is 9.59 Å². The van der Waals surface area contributed by atoms with Crippen LogP contribution in [0.2, 0.25) is 0 Å². The third-order valence-electron chi connectivity index (χ3n) is 4.86. The molecule has 180 valence electrons. The number of hydrogen-bond acceptors (Lipinski definition) is 7. The normalized spacial score (nSPS) is 13.7. The Bertz CT molecular complexity index is 616. The van der Waals surface area contributed by atoms with E-state index in [-0.39, 0.29) is 56.4 Å². The highest BCUT2D eigenvalue weighted by atomic mass is 16.6. The number of rotatable bonds is 12. The molecule has 0 aromatic rings. The molecule has 0 rings (SSSR count). The second kappa shape index (κ2) is 12.7. The molecule has 0 spiro atoms. The number of amides is 1. The summed E-state index contributed by atoms with van der Waals surface area (Å²) in [6, 6.07) is 0. The summed E-state index contributed by atoms with van der Waals surface area (Å²) >= 11 is 0. The Morgan fingerprint density at radius 1 is 0.806 bits per heavy atom. The van der Waals surface area contributed by atoms with E-state index in [0.29, 0.717) is 12.0 Å². The third-order valence-corrected chi connectivity index (χ3v) is 4.86. The van der Waals surface area contributed by atoms with Gasteiger partial charge in [-0.3, -0.25) is 4.79 Å². The van der Waals surface area contributed by atoms with E-state index in [1.807, 2.05) is 27.7 Å². The molecule has 1 amide bonds. The fourth-order valence-electron chi connectivity index (χ4n) is 2.83. The topological polar surface area (TPSA) is 100 Å². The van der Waals surface area contributed by atoms with Crippen LogP contribution in [-0.2, 0) is 28.5 Å². The van der Waals surface area contributed by atoms with Gasteiger partial charge in [-0.2, -0.15) is 0 Å². The van der Waals surface area contributed by atoms with Crippen LogP contribution in [0.25, 0.3) is 0 Å². The van der Waals surface area contributed by atoms with Gasteiger partial charge in [0, 0.05) is 12.1 Å². The van der Waals surface area contributed by atoms with Crippen molar-refractivity contribution in [3.63, 3.8) is 0 Å². The molecule has 0 fully saturated rings. The smallest absolute Gasteiger partial charge is 0.407 e. The van der Waals surface area contributed by atoms with E-state index < -0.39 is 17.5 Å². The van der Waals surface area contributed by atoms with Crippen LogP contribution < -0.4 is 5.32 Å². The van der Waals surface area contributed by atoms with Gasteiger partial charge < -0.3 is 24.3 Å². The number of hydrogen-bond donors (Lipinski definition) is 1. The summed E-state index contributed by atoms with van der Waals surface area (Å²) in [5.41, 5.74) is -0.652. The summed E-state index contributed by atoms with van der Waals surface area (Å²) in [5.74, 6) is -0.757.